The van der Waals surface area contributed by atoms with E-state index in [1.54, 1.807) is 0 Å². The average molecular weight is 366 g/mol. The molecule has 0 aliphatic carbocycles. The van der Waals surface area contributed by atoms with Gasteiger partial charge in [-0.3, -0.25) is 10.1 Å². The van der Waals surface area contributed by atoms with Gasteiger partial charge in [-0.15, -0.1) is 0 Å². The van der Waals surface area contributed by atoms with E-state index in [4.69, 9.17) is 34.8 Å². The molecule has 3 nitrogen and oxygen atoms in total. The van der Waals surface area contributed by atoms with Crippen LogP contribution in [0.2, 0.25) is 0 Å². The molecule has 1 aromatic carbocycles. The first-order valence-corrected chi connectivity index (χ1v) is 8.70. The molecule has 0 saturated carbocycles. The molecule has 0 unspecified atom stereocenters. The highest BCUT2D eigenvalue weighted by atomic mass is 35.6. The van der Waals surface area contributed by atoms with Gasteiger partial charge in [0, 0.05) is 13.0 Å². The van der Waals surface area contributed by atoms with Crippen LogP contribution < -0.4 is 10.6 Å². The van der Waals surface area contributed by atoms with E-state index in [1.807, 2.05) is 30.3 Å². The third-order valence-corrected chi connectivity index (χ3v) is 3.90. The molecule has 0 aliphatic heterocycles. The van der Waals surface area contributed by atoms with Crippen LogP contribution in [0.25, 0.3) is 0 Å². The topological polar surface area (TPSA) is 41.1 Å². The van der Waals surface area contributed by atoms with Gasteiger partial charge in [-0.2, -0.15) is 0 Å². The first-order valence-electron chi connectivity index (χ1n) is 7.57. The third kappa shape index (κ3) is 8.23. The number of carbonyl (C=O) groups is 1. The summed E-state index contributed by atoms with van der Waals surface area (Å²) in [6, 6.07) is 9.75. The SMILES string of the molecule is CCCCCCC(=O)N[C@H](NCc1ccccc1)C(Cl)(Cl)Cl. The molecular weight excluding hydrogens is 343 g/mol. The van der Waals surface area contributed by atoms with Crippen molar-refractivity contribution in [3.63, 3.8) is 0 Å². The fourth-order valence-electron chi connectivity index (χ4n) is 2.01. The minimum Gasteiger partial charge on any atom is -0.337 e. The van der Waals surface area contributed by atoms with Gasteiger partial charge in [-0.05, 0) is 12.0 Å². The summed E-state index contributed by atoms with van der Waals surface area (Å²) in [6.07, 6.45) is 3.88. The quantitative estimate of drug-likeness (QED) is 0.383. The summed E-state index contributed by atoms with van der Waals surface area (Å²) >= 11 is 17.8. The minimum atomic E-state index is -1.60. The van der Waals surface area contributed by atoms with Gasteiger partial charge in [0.25, 0.3) is 0 Å². The maximum atomic E-state index is 11.9. The van der Waals surface area contributed by atoms with Crippen LogP contribution in [0.1, 0.15) is 44.6 Å². The largest absolute Gasteiger partial charge is 0.337 e. The molecule has 124 valence electrons. The fraction of sp³-hybridized carbons (Fsp3) is 0.562. The molecular formula is C16H23Cl3N2O. The van der Waals surface area contributed by atoms with Crippen molar-refractivity contribution in [3.05, 3.63) is 35.9 Å². The summed E-state index contributed by atoms with van der Waals surface area (Å²) < 4.78 is -1.60. The number of unbranched alkanes of at least 4 members (excludes halogenated alkanes) is 3. The van der Waals surface area contributed by atoms with Crippen LogP contribution in [0.3, 0.4) is 0 Å². The maximum Gasteiger partial charge on any atom is 0.223 e. The van der Waals surface area contributed by atoms with Crippen molar-refractivity contribution in [1.29, 1.82) is 0 Å². The van der Waals surface area contributed by atoms with E-state index >= 15 is 0 Å². The number of amides is 1. The zero-order valence-corrected chi connectivity index (χ0v) is 15.0. The van der Waals surface area contributed by atoms with E-state index in [-0.39, 0.29) is 5.91 Å². The lowest BCUT2D eigenvalue weighted by Crippen LogP contribution is -2.53. The van der Waals surface area contributed by atoms with Crippen LogP contribution in [0.5, 0.6) is 0 Å². The van der Waals surface area contributed by atoms with E-state index < -0.39 is 9.96 Å². The summed E-state index contributed by atoms with van der Waals surface area (Å²) in [6.45, 7) is 2.64. The molecule has 0 aromatic heterocycles. The Labute approximate surface area is 147 Å². The number of benzene rings is 1. The van der Waals surface area contributed by atoms with Gasteiger partial charge in [-0.25, -0.2) is 0 Å². The summed E-state index contributed by atoms with van der Waals surface area (Å²) in [5.41, 5.74) is 1.05. The van der Waals surface area contributed by atoms with Crippen LogP contribution in [-0.2, 0) is 11.3 Å². The zero-order valence-electron chi connectivity index (χ0n) is 12.7. The van der Waals surface area contributed by atoms with E-state index in [9.17, 15) is 4.79 Å². The highest BCUT2D eigenvalue weighted by Crippen LogP contribution is 2.29. The standard InChI is InChI=1S/C16H23Cl3N2O/c1-2-3-4-8-11-14(22)21-15(16(17,18)19)20-12-13-9-6-5-7-10-13/h5-7,9-10,15,20H,2-4,8,11-12H2,1H3,(H,21,22)/t15-/m0/s1. The zero-order chi connectivity index (χ0) is 16.4. The molecule has 1 atom stereocenters. The van der Waals surface area contributed by atoms with E-state index in [1.165, 1.54) is 0 Å². The van der Waals surface area contributed by atoms with Crippen molar-refractivity contribution in [1.82, 2.24) is 10.6 Å². The molecule has 0 spiro atoms. The number of rotatable bonds is 9. The van der Waals surface area contributed by atoms with Crippen molar-refractivity contribution in [2.24, 2.45) is 0 Å². The molecule has 0 heterocycles. The lowest BCUT2D eigenvalue weighted by Gasteiger charge is -2.26. The molecule has 6 heteroatoms. The molecule has 22 heavy (non-hydrogen) atoms. The minimum absolute atomic E-state index is 0.104. The van der Waals surface area contributed by atoms with Gasteiger partial charge in [0.05, 0.1) is 0 Å². The Balaban J connectivity index is 2.45. The summed E-state index contributed by atoms with van der Waals surface area (Å²) in [4.78, 5) is 11.9. The summed E-state index contributed by atoms with van der Waals surface area (Å²) in [5, 5.41) is 5.84. The maximum absolute atomic E-state index is 11.9. The molecule has 0 aliphatic rings. The Bertz CT molecular complexity index is 435. The molecule has 1 amide bonds. The van der Waals surface area contributed by atoms with E-state index in [0.29, 0.717) is 13.0 Å². The number of carbonyl (C=O) groups excluding carboxylic acids is 1. The van der Waals surface area contributed by atoms with Crippen LogP contribution in [0, 0.1) is 0 Å². The molecule has 0 saturated heterocycles. The molecule has 1 rings (SSSR count). The highest BCUT2D eigenvalue weighted by Gasteiger charge is 2.33. The van der Waals surface area contributed by atoms with E-state index in [2.05, 4.69) is 17.6 Å². The predicted molar refractivity (Wildman–Crippen MR) is 94.3 cm³/mol. The molecule has 0 radical (unpaired) electrons. The van der Waals surface area contributed by atoms with E-state index in [0.717, 1.165) is 31.2 Å². The number of nitrogens with one attached hydrogen (secondary N) is 2. The van der Waals surface area contributed by atoms with Crippen LogP contribution >= 0.6 is 34.8 Å². The Kier molecular flexibility index (Phi) is 9.18. The second-order valence-corrected chi connectivity index (χ2v) is 7.59. The number of alkyl halides is 3. The Morgan fingerprint density at radius 1 is 1.14 bits per heavy atom. The third-order valence-electron chi connectivity index (χ3n) is 3.24. The van der Waals surface area contributed by atoms with Crippen molar-refractivity contribution < 1.29 is 4.79 Å². The average Bonchev–Trinajstić information content (AvgIpc) is 2.48. The van der Waals surface area contributed by atoms with Gasteiger partial charge >= 0.3 is 0 Å². The van der Waals surface area contributed by atoms with Gasteiger partial charge in [0.15, 0.2) is 0 Å². The van der Waals surface area contributed by atoms with Crippen molar-refractivity contribution in [2.75, 3.05) is 0 Å². The lowest BCUT2D eigenvalue weighted by atomic mass is 10.1. The van der Waals surface area contributed by atoms with Crippen molar-refractivity contribution in [3.8, 4) is 0 Å². The number of hydrogen-bond acceptors (Lipinski definition) is 2. The number of hydrogen-bond donors (Lipinski definition) is 2. The Morgan fingerprint density at radius 2 is 1.82 bits per heavy atom. The van der Waals surface area contributed by atoms with Gasteiger partial charge in [0.2, 0.25) is 9.70 Å². The second kappa shape index (κ2) is 10.3. The van der Waals surface area contributed by atoms with Crippen molar-refractivity contribution >= 4 is 40.7 Å². The van der Waals surface area contributed by atoms with Gasteiger partial charge < -0.3 is 5.32 Å². The highest BCUT2D eigenvalue weighted by molar-refractivity contribution is 6.68. The molecule has 2 N–H and O–H groups in total. The van der Waals surface area contributed by atoms with Crippen molar-refractivity contribution in [2.45, 2.75) is 55.5 Å². The second-order valence-electron chi connectivity index (χ2n) is 5.22. The lowest BCUT2D eigenvalue weighted by molar-refractivity contribution is -0.122. The Morgan fingerprint density at radius 3 is 2.41 bits per heavy atom. The molecule has 0 bridgehead atoms. The van der Waals surface area contributed by atoms with Crippen LogP contribution in [0.4, 0.5) is 0 Å². The smallest absolute Gasteiger partial charge is 0.223 e. The predicted octanol–water partition coefficient (Wildman–Crippen LogP) is 4.56. The first kappa shape index (κ1) is 19.6. The fourth-order valence-corrected chi connectivity index (χ4v) is 2.40. The monoisotopic (exact) mass is 364 g/mol. The molecule has 1 aromatic rings. The number of halogens is 3. The van der Waals surface area contributed by atoms with Crippen LogP contribution in [0.15, 0.2) is 30.3 Å². The summed E-state index contributed by atoms with van der Waals surface area (Å²) in [5.74, 6) is -0.104. The van der Waals surface area contributed by atoms with Crippen LogP contribution in [-0.4, -0.2) is 15.9 Å². The first-order chi connectivity index (χ1) is 10.4. The van der Waals surface area contributed by atoms with Gasteiger partial charge in [0.1, 0.15) is 6.17 Å². The molecule has 0 fully saturated rings. The Hall–Kier alpha value is -0.480. The van der Waals surface area contributed by atoms with Gasteiger partial charge in [-0.1, -0.05) is 91.3 Å². The summed E-state index contributed by atoms with van der Waals surface area (Å²) in [7, 11) is 0. The normalized spacial score (nSPS) is 12.9.